The summed E-state index contributed by atoms with van der Waals surface area (Å²) in [4.78, 5) is 16.7. The molecule has 0 bridgehead atoms. The minimum atomic E-state index is 0.464. The van der Waals surface area contributed by atoms with Gasteiger partial charge < -0.3 is 10.3 Å². The van der Waals surface area contributed by atoms with Gasteiger partial charge in [0.05, 0.1) is 22.9 Å². The number of anilines is 1. The van der Waals surface area contributed by atoms with Crippen molar-refractivity contribution in [1.29, 1.82) is 0 Å². The fraction of sp³-hybridized carbons (Fsp3) is 0.353. The van der Waals surface area contributed by atoms with E-state index in [0.717, 1.165) is 22.5 Å². The van der Waals surface area contributed by atoms with Gasteiger partial charge in [0.25, 0.3) is 0 Å². The molecular weight excluding hydrogens is 316 g/mol. The Hall–Kier alpha value is -3.03. The summed E-state index contributed by atoms with van der Waals surface area (Å²) in [6.45, 7) is 1.94. The van der Waals surface area contributed by atoms with E-state index in [1.165, 1.54) is 25.7 Å². The molecule has 4 aromatic rings. The van der Waals surface area contributed by atoms with Gasteiger partial charge in [0, 0.05) is 6.04 Å². The van der Waals surface area contributed by atoms with Gasteiger partial charge in [-0.1, -0.05) is 18.1 Å². The van der Waals surface area contributed by atoms with Crippen molar-refractivity contribution in [3.05, 3.63) is 30.2 Å². The maximum atomic E-state index is 4.65. The number of H-pyrrole nitrogens is 1. The summed E-state index contributed by atoms with van der Waals surface area (Å²) in [6.07, 6.45) is 6.61. The van der Waals surface area contributed by atoms with Crippen LogP contribution in [0.1, 0.15) is 31.5 Å². The number of rotatable bonds is 3. The van der Waals surface area contributed by atoms with Crippen LogP contribution in [0.3, 0.4) is 0 Å². The van der Waals surface area contributed by atoms with E-state index in [-0.39, 0.29) is 0 Å². The minimum absolute atomic E-state index is 0.464. The Morgan fingerprint density at radius 2 is 2.04 bits per heavy atom. The molecule has 0 spiro atoms. The fourth-order valence-corrected chi connectivity index (χ4v) is 3.48. The molecule has 1 aromatic carbocycles. The summed E-state index contributed by atoms with van der Waals surface area (Å²) >= 11 is 0. The number of aromatic nitrogens is 7. The van der Waals surface area contributed by atoms with E-state index >= 15 is 0 Å². The van der Waals surface area contributed by atoms with Gasteiger partial charge in [-0.2, -0.15) is 9.67 Å². The second-order valence-corrected chi connectivity index (χ2v) is 6.55. The van der Waals surface area contributed by atoms with E-state index in [1.54, 1.807) is 10.9 Å². The van der Waals surface area contributed by atoms with Crippen LogP contribution in [0.2, 0.25) is 0 Å². The lowest BCUT2D eigenvalue weighted by Gasteiger charge is -2.11. The summed E-state index contributed by atoms with van der Waals surface area (Å²) in [5, 5.41) is 11.9. The summed E-state index contributed by atoms with van der Waals surface area (Å²) in [6, 6.07) is 6.42. The first kappa shape index (κ1) is 14.3. The SMILES string of the molecule is Cc1nc2ccc(-n3nnc4cnc(NC5CCCC5)nc43)cc2[nH]1. The van der Waals surface area contributed by atoms with Crippen molar-refractivity contribution >= 4 is 28.1 Å². The zero-order chi connectivity index (χ0) is 16.8. The number of nitrogens with one attached hydrogen (secondary N) is 2. The highest BCUT2D eigenvalue weighted by Crippen LogP contribution is 2.22. The average molecular weight is 334 g/mol. The molecule has 0 aliphatic heterocycles. The first-order chi connectivity index (χ1) is 12.3. The third-order valence-electron chi connectivity index (χ3n) is 4.71. The van der Waals surface area contributed by atoms with Gasteiger partial charge in [0.1, 0.15) is 5.82 Å². The highest BCUT2D eigenvalue weighted by atomic mass is 15.4. The highest BCUT2D eigenvalue weighted by Gasteiger charge is 2.17. The van der Waals surface area contributed by atoms with Crippen molar-refractivity contribution < 1.29 is 0 Å². The molecule has 2 N–H and O–H groups in total. The Bertz CT molecular complexity index is 1060. The molecule has 3 aromatic heterocycles. The molecule has 1 saturated carbocycles. The molecule has 1 fully saturated rings. The van der Waals surface area contributed by atoms with Crippen molar-refractivity contribution in [3.8, 4) is 5.69 Å². The van der Waals surface area contributed by atoms with Crippen LogP contribution in [-0.4, -0.2) is 41.0 Å². The lowest BCUT2D eigenvalue weighted by Crippen LogP contribution is -2.16. The first-order valence-electron chi connectivity index (χ1n) is 8.58. The van der Waals surface area contributed by atoms with Crippen LogP contribution in [0.15, 0.2) is 24.4 Å². The van der Waals surface area contributed by atoms with Gasteiger partial charge in [-0.25, -0.2) is 9.97 Å². The predicted molar refractivity (Wildman–Crippen MR) is 94.7 cm³/mol. The number of aryl methyl sites for hydroxylation is 1. The normalized spacial score (nSPS) is 15.4. The van der Waals surface area contributed by atoms with Gasteiger partial charge in [0.15, 0.2) is 11.2 Å². The number of benzene rings is 1. The lowest BCUT2D eigenvalue weighted by molar-refractivity contribution is 0.744. The Morgan fingerprint density at radius 1 is 1.16 bits per heavy atom. The molecular formula is C17H18N8. The Labute approximate surface area is 143 Å². The van der Waals surface area contributed by atoms with Crippen molar-refractivity contribution in [2.45, 2.75) is 38.6 Å². The lowest BCUT2D eigenvalue weighted by atomic mass is 10.2. The molecule has 8 heteroatoms. The second-order valence-electron chi connectivity index (χ2n) is 6.55. The summed E-state index contributed by atoms with van der Waals surface area (Å²) in [7, 11) is 0. The van der Waals surface area contributed by atoms with Crippen LogP contribution in [-0.2, 0) is 0 Å². The van der Waals surface area contributed by atoms with Gasteiger partial charge in [-0.05, 0) is 38.0 Å². The van der Waals surface area contributed by atoms with Crippen LogP contribution in [0.4, 0.5) is 5.95 Å². The molecule has 0 radical (unpaired) electrons. The van der Waals surface area contributed by atoms with E-state index in [1.807, 2.05) is 25.1 Å². The van der Waals surface area contributed by atoms with Gasteiger partial charge in [0.2, 0.25) is 5.95 Å². The Kier molecular flexibility index (Phi) is 3.16. The first-order valence-corrected chi connectivity index (χ1v) is 8.58. The number of fused-ring (bicyclic) bond motifs is 2. The number of nitrogens with zero attached hydrogens (tertiary/aromatic N) is 6. The zero-order valence-corrected chi connectivity index (χ0v) is 13.9. The van der Waals surface area contributed by atoms with Crippen molar-refractivity contribution in [2.75, 3.05) is 5.32 Å². The van der Waals surface area contributed by atoms with E-state index in [4.69, 9.17) is 0 Å². The molecule has 8 nitrogen and oxygen atoms in total. The molecule has 0 atom stereocenters. The molecule has 0 amide bonds. The third kappa shape index (κ3) is 2.50. The van der Waals surface area contributed by atoms with Crippen molar-refractivity contribution in [1.82, 2.24) is 34.9 Å². The van der Waals surface area contributed by atoms with E-state index < -0.39 is 0 Å². The largest absolute Gasteiger partial charge is 0.351 e. The minimum Gasteiger partial charge on any atom is -0.351 e. The standard InChI is InChI=1S/C17H18N8/c1-10-19-13-7-6-12(8-14(13)20-10)25-16-15(23-24-25)9-18-17(22-16)21-11-4-2-3-5-11/h6-9,11H,2-5H2,1H3,(H,19,20)(H,18,21,22). The smallest absolute Gasteiger partial charge is 0.225 e. The maximum absolute atomic E-state index is 4.65. The molecule has 1 aliphatic rings. The Morgan fingerprint density at radius 3 is 2.92 bits per heavy atom. The van der Waals surface area contributed by atoms with E-state index in [2.05, 4.69) is 35.6 Å². The number of imidazole rings is 1. The molecule has 0 saturated heterocycles. The van der Waals surface area contributed by atoms with Crippen LogP contribution in [0.5, 0.6) is 0 Å². The monoisotopic (exact) mass is 334 g/mol. The average Bonchev–Trinajstić information content (AvgIpc) is 3.32. The van der Waals surface area contributed by atoms with Crippen molar-refractivity contribution in [2.24, 2.45) is 0 Å². The summed E-state index contributed by atoms with van der Waals surface area (Å²) in [5.74, 6) is 1.53. The second kappa shape index (κ2) is 5.51. The van der Waals surface area contributed by atoms with Crippen LogP contribution < -0.4 is 5.32 Å². The number of hydrogen-bond donors (Lipinski definition) is 2. The highest BCUT2D eigenvalue weighted by molar-refractivity contribution is 5.79. The molecule has 0 unspecified atom stereocenters. The zero-order valence-electron chi connectivity index (χ0n) is 13.9. The van der Waals surface area contributed by atoms with Crippen LogP contribution in [0.25, 0.3) is 27.9 Å². The maximum Gasteiger partial charge on any atom is 0.225 e. The fourth-order valence-electron chi connectivity index (χ4n) is 3.48. The molecule has 1 aliphatic carbocycles. The van der Waals surface area contributed by atoms with Crippen molar-refractivity contribution in [3.63, 3.8) is 0 Å². The predicted octanol–water partition coefficient (Wildman–Crippen LogP) is 2.75. The number of aromatic amines is 1. The third-order valence-corrected chi connectivity index (χ3v) is 4.71. The molecule has 25 heavy (non-hydrogen) atoms. The van der Waals surface area contributed by atoms with Crippen LogP contribution in [0, 0.1) is 6.92 Å². The molecule has 126 valence electrons. The van der Waals surface area contributed by atoms with Gasteiger partial charge >= 0.3 is 0 Å². The van der Waals surface area contributed by atoms with Crippen LogP contribution >= 0.6 is 0 Å². The van der Waals surface area contributed by atoms with Gasteiger partial charge in [-0.15, -0.1) is 5.10 Å². The Balaban J connectivity index is 1.56. The number of hydrogen-bond acceptors (Lipinski definition) is 6. The summed E-state index contributed by atoms with van der Waals surface area (Å²) < 4.78 is 1.74. The topological polar surface area (TPSA) is 97.2 Å². The van der Waals surface area contributed by atoms with E-state index in [0.29, 0.717) is 23.2 Å². The molecule has 5 rings (SSSR count). The molecule has 3 heterocycles. The summed E-state index contributed by atoms with van der Waals surface area (Å²) in [5.41, 5.74) is 4.18. The van der Waals surface area contributed by atoms with Gasteiger partial charge in [-0.3, -0.25) is 0 Å². The van der Waals surface area contributed by atoms with E-state index in [9.17, 15) is 0 Å². The quantitative estimate of drug-likeness (QED) is 0.598.